The number of amides is 2. The number of hydrogen-bond acceptors (Lipinski definition) is 3. The van der Waals surface area contributed by atoms with Crippen LogP contribution in [0.5, 0.6) is 0 Å². The Labute approximate surface area is 154 Å². The SMILES string of the molecule is CCCn1cc(C(=O)N2CC(=O)N(c3cccc(C)c3)C[C@@H]2C)c(C)n1. The Morgan fingerprint density at radius 1 is 1.31 bits per heavy atom. The van der Waals surface area contributed by atoms with E-state index in [9.17, 15) is 9.59 Å². The minimum Gasteiger partial charge on any atom is -0.325 e. The van der Waals surface area contributed by atoms with Crippen LogP contribution in [0.2, 0.25) is 0 Å². The van der Waals surface area contributed by atoms with Gasteiger partial charge in [0.05, 0.1) is 11.3 Å². The predicted molar refractivity (Wildman–Crippen MR) is 101 cm³/mol. The van der Waals surface area contributed by atoms with Crippen LogP contribution in [0, 0.1) is 13.8 Å². The Morgan fingerprint density at radius 3 is 2.77 bits per heavy atom. The van der Waals surface area contributed by atoms with Crippen molar-refractivity contribution in [3.63, 3.8) is 0 Å². The molecule has 1 aliphatic heterocycles. The molecule has 2 amide bonds. The molecule has 0 radical (unpaired) electrons. The highest BCUT2D eigenvalue weighted by molar-refractivity contribution is 6.02. The molecule has 1 aromatic heterocycles. The minimum absolute atomic E-state index is 0.0550. The summed E-state index contributed by atoms with van der Waals surface area (Å²) in [6.45, 7) is 9.28. The molecule has 2 aromatic rings. The highest BCUT2D eigenvalue weighted by Gasteiger charge is 2.34. The quantitative estimate of drug-likeness (QED) is 0.848. The van der Waals surface area contributed by atoms with E-state index < -0.39 is 0 Å². The molecule has 26 heavy (non-hydrogen) atoms. The molecule has 0 saturated carbocycles. The fraction of sp³-hybridized carbons (Fsp3) is 0.450. The number of benzene rings is 1. The van der Waals surface area contributed by atoms with E-state index in [0.717, 1.165) is 24.2 Å². The highest BCUT2D eigenvalue weighted by Crippen LogP contribution is 2.23. The molecule has 0 unspecified atom stereocenters. The molecule has 1 aliphatic rings. The monoisotopic (exact) mass is 354 g/mol. The van der Waals surface area contributed by atoms with Crippen LogP contribution in [0.15, 0.2) is 30.5 Å². The van der Waals surface area contributed by atoms with Crippen molar-refractivity contribution < 1.29 is 9.59 Å². The van der Waals surface area contributed by atoms with Crippen LogP contribution >= 0.6 is 0 Å². The van der Waals surface area contributed by atoms with Gasteiger partial charge in [-0.05, 0) is 44.9 Å². The van der Waals surface area contributed by atoms with Gasteiger partial charge in [0.15, 0.2) is 0 Å². The summed E-state index contributed by atoms with van der Waals surface area (Å²) in [6, 6.07) is 7.84. The molecule has 6 nitrogen and oxygen atoms in total. The van der Waals surface area contributed by atoms with E-state index in [1.54, 1.807) is 20.7 Å². The molecule has 138 valence electrons. The zero-order valence-electron chi connectivity index (χ0n) is 15.9. The molecule has 2 heterocycles. The summed E-state index contributed by atoms with van der Waals surface area (Å²) in [5.74, 6) is -0.171. The van der Waals surface area contributed by atoms with Gasteiger partial charge in [-0.2, -0.15) is 5.10 Å². The Morgan fingerprint density at radius 2 is 2.08 bits per heavy atom. The zero-order chi connectivity index (χ0) is 18.8. The van der Waals surface area contributed by atoms with E-state index >= 15 is 0 Å². The molecule has 3 rings (SSSR count). The number of anilines is 1. The van der Waals surface area contributed by atoms with Gasteiger partial charge >= 0.3 is 0 Å². The number of piperazine rings is 1. The van der Waals surface area contributed by atoms with Crippen LogP contribution in [0.25, 0.3) is 0 Å². The van der Waals surface area contributed by atoms with E-state index in [1.165, 1.54) is 0 Å². The van der Waals surface area contributed by atoms with Crippen molar-refractivity contribution in [2.24, 2.45) is 0 Å². The van der Waals surface area contributed by atoms with Gasteiger partial charge in [0, 0.05) is 31.0 Å². The van der Waals surface area contributed by atoms with Gasteiger partial charge in [0.25, 0.3) is 5.91 Å². The Bertz CT molecular complexity index is 827. The van der Waals surface area contributed by atoms with Gasteiger partial charge < -0.3 is 9.80 Å². The Balaban J connectivity index is 1.79. The fourth-order valence-corrected chi connectivity index (χ4v) is 3.39. The van der Waals surface area contributed by atoms with Crippen LogP contribution in [-0.4, -0.2) is 45.6 Å². The van der Waals surface area contributed by atoms with Gasteiger partial charge in [0.2, 0.25) is 5.91 Å². The van der Waals surface area contributed by atoms with Gasteiger partial charge in [-0.1, -0.05) is 19.1 Å². The van der Waals surface area contributed by atoms with Gasteiger partial charge in [-0.3, -0.25) is 14.3 Å². The van der Waals surface area contributed by atoms with Gasteiger partial charge in [-0.25, -0.2) is 0 Å². The van der Waals surface area contributed by atoms with Crippen LogP contribution in [0.1, 0.15) is 41.9 Å². The molecular formula is C20H26N4O2. The summed E-state index contributed by atoms with van der Waals surface area (Å²) in [7, 11) is 0. The topological polar surface area (TPSA) is 58.4 Å². The zero-order valence-corrected chi connectivity index (χ0v) is 15.9. The van der Waals surface area contributed by atoms with Crippen LogP contribution in [0.4, 0.5) is 5.69 Å². The van der Waals surface area contributed by atoms with E-state index in [0.29, 0.717) is 17.8 Å². The summed E-state index contributed by atoms with van der Waals surface area (Å²) in [5.41, 5.74) is 3.30. The van der Waals surface area contributed by atoms with Crippen LogP contribution in [-0.2, 0) is 11.3 Å². The first-order valence-corrected chi connectivity index (χ1v) is 9.12. The second-order valence-corrected chi connectivity index (χ2v) is 7.02. The smallest absolute Gasteiger partial charge is 0.258 e. The maximum absolute atomic E-state index is 13.0. The molecule has 1 aromatic carbocycles. The molecule has 1 atom stereocenters. The van der Waals surface area contributed by atoms with Crippen molar-refractivity contribution >= 4 is 17.5 Å². The molecule has 0 N–H and O–H groups in total. The fourth-order valence-electron chi connectivity index (χ4n) is 3.39. The van der Waals surface area contributed by atoms with Crippen molar-refractivity contribution in [1.29, 1.82) is 0 Å². The number of hydrogen-bond donors (Lipinski definition) is 0. The first-order chi connectivity index (χ1) is 12.4. The van der Waals surface area contributed by atoms with E-state index in [1.807, 2.05) is 45.0 Å². The summed E-state index contributed by atoms with van der Waals surface area (Å²) in [4.78, 5) is 29.1. The normalized spacial score (nSPS) is 17.7. The van der Waals surface area contributed by atoms with E-state index in [2.05, 4.69) is 12.0 Å². The summed E-state index contributed by atoms with van der Waals surface area (Å²) >= 11 is 0. The first kappa shape index (κ1) is 18.2. The third-order valence-corrected chi connectivity index (χ3v) is 4.79. The summed E-state index contributed by atoms with van der Waals surface area (Å²) in [5, 5.41) is 4.41. The minimum atomic E-state index is -0.116. The van der Waals surface area contributed by atoms with Gasteiger partial charge in [-0.15, -0.1) is 0 Å². The molecule has 6 heteroatoms. The number of rotatable bonds is 4. The molecule has 0 spiro atoms. The highest BCUT2D eigenvalue weighted by atomic mass is 16.2. The largest absolute Gasteiger partial charge is 0.325 e. The van der Waals surface area contributed by atoms with E-state index in [4.69, 9.17) is 0 Å². The molecule has 1 saturated heterocycles. The number of aromatic nitrogens is 2. The Hall–Kier alpha value is -2.63. The predicted octanol–water partition coefficient (Wildman–Crippen LogP) is 2.79. The third kappa shape index (κ3) is 3.49. The van der Waals surface area contributed by atoms with Crippen molar-refractivity contribution in [2.45, 2.75) is 46.7 Å². The summed E-state index contributed by atoms with van der Waals surface area (Å²) < 4.78 is 1.80. The number of aryl methyl sites for hydroxylation is 3. The average Bonchev–Trinajstić information content (AvgIpc) is 2.96. The molecule has 0 aliphatic carbocycles. The number of carbonyl (C=O) groups is 2. The maximum Gasteiger partial charge on any atom is 0.258 e. The van der Waals surface area contributed by atoms with Crippen LogP contribution in [0.3, 0.4) is 0 Å². The standard InChI is InChI=1S/C20H26N4O2/c1-5-9-22-12-18(16(4)21-22)20(26)23-13-19(25)24(11-15(23)3)17-8-6-7-14(2)10-17/h6-8,10,12,15H,5,9,11,13H2,1-4H3/t15-/m0/s1. The van der Waals surface area contributed by atoms with Crippen molar-refractivity contribution in [3.8, 4) is 0 Å². The molecule has 0 bridgehead atoms. The van der Waals surface area contributed by atoms with Gasteiger partial charge in [0.1, 0.15) is 6.54 Å². The second kappa shape index (κ2) is 7.32. The number of carbonyl (C=O) groups excluding carboxylic acids is 2. The molecule has 1 fully saturated rings. The van der Waals surface area contributed by atoms with E-state index in [-0.39, 0.29) is 24.4 Å². The lowest BCUT2D eigenvalue weighted by atomic mass is 10.1. The lowest BCUT2D eigenvalue weighted by Gasteiger charge is -2.39. The first-order valence-electron chi connectivity index (χ1n) is 9.12. The number of nitrogens with zero attached hydrogens (tertiary/aromatic N) is 4. The maximum atomic E-state index is 13.0. The Kier molecular flexibility index (Phi) is 5.11. The summed E-state index contributed by atoms with van der Waals surface area (Å²) in [6.07, 6.45) is 2.75. The van der Waals surface area contributed by atoms with Crippen molar-refractivity contribution in [3.05, 3.63) is 47.3 Å². The second-order valence-electron chi connectivity index (χ2n) is 7.02. The average molecular weight is 354 g/mol. The van der Waals surface area contributed by atoms with Crippen LogP contribution < -0.4 is 4.90 Å². The van der Waals surface area contributed by atoms with Crippen molar-refractivity contribution in [1.82, 2.24) is 14.7 Å². The van der Waals surface area contributed by atoms with Crippen molar-refractivity contribution in [2.75, 3.05) is 18.0 Å². The lowest BCUT2D eigenvalue weighted by molar-refractivity contribution is -0.121. The molecular weight excluding hydrogens is 328 g/mol. The lowest BCUT2D eigenvalue weighted by Crippen LogP contribution is -2.57. The third-order valence-electron chi connectivity index (χ3n) is 4.79.